The Morgan fingerprint density at radius 2 is 1.93 bits per heavy atom. The molecule has 0 radical (unpaired) electrons. The number of nitrogens with zero attached hydrogens (tertiary/aromatic N) is 3. The summed E-state index contributed by atoms with van der Waals surface area (Å²) in [5, 5.41) is 2.93. The average molecular weight is 385 g/mol. The van der Waals surface area contributed by atoms with Gasteiger partial charge in [0.15, 0.2) is 5.65 Å². The molecule has 0 spiro atoms. The van der Waals surface area contributed by atoms with E-state index in [1.807, 2.05) is 26.0 Å². The van der Waals surface area contributed by atoms with Crippen LogP contribution in [0.1, 0.15) is 67.0 Å². The van der Waals surface area contributed by atoms with Gasteiger partial charge in [0.1, 0.15) is 11.2 Å². The second-order valence-electron chi connectivity index (χ2n) is 6.94. The van der Waals surface area contributed by atoms with E-state index < -0.39 is 0 Å². The number of nitrogens with one attached hydrogen (secondary N) is 1. The van der Waals surface area contributed by atoms with Crippen LogP contribution in [0.5, 0.6) is 0 Å². The van der Waals surface area contributed by atoms with Gasteiger partial charge < -0.3 is 9.88 Å². The van der Waals surface area contributed by atoms with Crippen molar-refractivity contribution in [2.75, 3.05) is 6.54 Å². The summed E-state index contributed by atoms with van der Waals surface area (Å²) in [4.78, 5) is 23.7. The summed E-state index contributed by atoms with van der Waals surface area (Å²) in [5.74, 6) is -0.0177. The molecule has 6 heteroatoms. The minimum Gasteiger partial charge on any atom is -0.351 e. The molecule has 0 atom stereocenters. The Labute approximate surface area is 164 Å². The normalized spacial score (nSPS) is 11.5. The van der Waals surface area contributed by atoms with E-state index in [1.165, 1.54) is 11.3 Å². The number of amides is 1. The first kappa shape index (κ1) is 19.5. The molecule has 1 amide bonds. The number of carbonyl (C=O) groups is 1. The molecule has 0 fully saturated rings. The maximum absolute atomic E-state index is 12.2. The van der Waals surface area contributed by atoms with Crippen LogP contribution >= 0.6 is 11.3 Å². The first-order chi connectivity index (χ1) is 13.0. The van der Waals surface area contributed by atoms with Crippen LogP contribution in [-0.4, -0.2) is 27.0 Å². The second-order valence-corrected chi connectivity index (χ2v) is 8.02. The summed E-state index contributed by atoms with van der Waals surface area (Å²) in [6.45, 7) is 11.2. The quantitative estimate of drug-likeness (QED) is 0.603. The molecule has 0 aliphatic rings. The molecule has 3 heterocycles. The average Bonchev–Trinajstić information content (AvgIpc) is 3.26. The predicted molar refractivity (Wildman–Crippen MR) is 113 cm³/mol. The molecule has 0 saturated carbocycles. The van der Waals surface area contributed by atoms with Gasteiger partial charge in [-0.3, -0.25) is 4.79 Å². The van der Waals surface area contributed by atoms with Crippen molar-refractivity contribution < 1.29 is 4.79 Å². The summed E-state index contributed by atoms with van der Waals surface area (Å²) >= 11 is 1.47. The molecule has 5 nitrogen and oxygen atoms in total. The van der Waals surface area contributed by atoms with Gasteiger partial charge >= 0.3 is 0 Å². The van der Waals surface area contributed by atoms with E-state index in [2.05, 4.69) is 36.9 Å². The monoisotopic (exact) mass is 384 g/mol. The van der Waals surface area contributed by atoms with Gasteiger partial charge in [0, 0.05) is 18.8 Å². The summed E-state index contributed by atoms with van der Waals surface area (Å²) in [7, 11) is 0. The molecule has 0 saturated heterocycles. The van der Waals surface area contributed by atoms with Gasteiger partial charge in [0.25, 0.3) is 5.91 Å². The van der Waals surface area contributed by atoms with Crippen LogP contribution in [0, 0.1) is 13.8 Å². The number of rotatable bonds is 7. The van der Waals surface area contributed by atoms with E-state index in [-0.39, 0.29) is 5.91 Å². The summed E-state index contributed by atoms with van der Waals surface area (Å²) in [5.41, 5.74) is 4.82. The summed E-state index contributed by atoms with van der Waals surface area (Å²) < 4.78 is 2.27. The highest BCUT2D eigenvalue weighted by molar-refractivity contribution is 7.17. The first-order valence-electron chi connectivity index (χ1n) is 9.74. The van der Waals surface area contributed by atoms with Crippen LogP contribution in [-0.2, 0) is 0 Å². The molecule has 0 unspecified atom stereocenters. The largest absolute Gasteiger partial charge is 0.351 e. The highest BCUT2D eigenvalue weighted by atomic mass is 32.1. The van der Waals surface area contributed by atoms with E-state index in [4.69, 9.17) is 9.97 Å². The van der Waals surface area contributed by atoms with Gasteiger partial charge in [-0.05, 0) is 50.8 Å². The highest BCUT2D eigenvalue weighted by Gasteiger charge is 2.18. The van der Waals surface area contributed by atoms with Crippen molar-refractivity contribution in [3.05, 3.63) is 34.5 Å². The van der Waals surface area contributed by atoms with Gasteiger partial charge in [-0.1, -0.05) is 20.8 Å². The smallest absolute Gasteiger partial charge is 0.261 e. The van der Waals surface area contributed by atoms with Gasteiger partial charge in [-0.15, -0.1) is 11.3 Å². The highest BCUT2D eigenvalue weighted by Crippen LogP contribution is 2.32. The topological polar surface area (TPSA) is 59.8 Å². The van der Waals surface area contributed by atoms with E-state index in [1.54, 1.807) is 0 Å². The molecule has 27 heavy (non-hydrogen) atoms. The van der Waals surface area contributed by atoms with E-state index in [9.17, 15) is 4.79 Å². The van der Waals surface area contributed by atoms with Crippen molar-refractivity contribution in [2.45, 2.75) is 59.9 Å². The fourth-order valence-corrected chi connectivity index (χ4v) is 4.35. The number of thiophene rings is 1. The fraction of sp³-hybridized carbons (Fsp3) is 0.476. The third kappa shape index (κ3) is 3.76. The van der Waals surface area contributed by atoms with Crippen molar-refractivity contribution >= 4 is 28.4 Å². The van der Waals surface area contributed by atoms with E-state index in [0.29, 0.717) is 17.5 Å². The Hall–Kier alpha value is -2.21. The maximum atomic E-state index is 12.2. The lowest BCUT2D eigenvalue weighted by molar-refractivity contribution is 0.0957. The third-order valence-corrected chi connectivity index (χ3v) is 6.03. The standard InChI is InChI=1S/C21H28N4OS/c1-6-11-22-21(26)17-10-9-16(27-17)19-14(5)23-20-18(24-19)13(4)12-25(20)15(7-2)8-3/h9-10,12,15H,6-8,11H2,1-5H3,(H,22,26). The summed E-state index contributed by atoms with van der Waals surface area (Å²) in [6.07, 6.45) is 5.24. The molecule has 144 valence electrons. The zero-order valence-corrected chi connectivity index (χ0v) is 17.6. The molecule has 0 aliphatic carbocycles. The second kappa shape index (κ2) is 8.21. The number of aromatic nitrogens is 3. The molecule has 0 aromatic carbocycles. The van der Waals surface area contributed by atoms with Crippen LogP contribution < -0.4 is 5.32 Å². The van der Waals surface area contributed by atoms with Crippen LogP contribution in [0.15, 0.2) is 18.3 Å². The van der Waals surface area contributed by atoms with Crippen LogP contribution in [0.3, 0.4) is 0 Å². The first-order valence-corrected chi connectivity index (χ1v) is 10.6. The van der Waals surface area contributed by atoms with Crippen molar-refractivity contribution in [3.63, 3.8) is 0 Å². The number of hydrogen-bond donors (Lipinski definition) is 1. The fourth-order valence-electron chi connectivity index (χ4n) is 3.39. The minimum atomic E-state index is -0.0177. The third-order valence-electron chi connectivity index (χ3n) is 4.94. The van der Waals surface area contributed by atoms with Gasteiger partial charge in [-0.25, -0.2) is 9.97 Å². The molecule has 1 N–H and O–H groups in total. The Morgan fingerprint density at radius 1 is 1.19 bits per heavy atom. The Morgan fingerprint density at radius 3 is 2.59 bits per heavy atom. The van der Waals surface area contributed by atoms with E-state index >= 15 is 0 Å². The SMILES string of the molecule is CCCNC(=O)c1ccc(-c2nc3c(C)cn(C(CC)CC)c3nc2C)s1. The van der Waals surface area contributed by atoms with Gasteiger partial charge in [0.05, 0.1) is 15.4 Å². The Bertz CT molecular complexity index is 953. The number of carbonyl (C=O) groups excluding carboxylic acids is 1. The van der Waals surface area contributed by atoms with Crippen molar-refractivity contribution in [2.24, 2.45) is 0 Å². The summed E-state index contributed by atoms with van der Waals surface area (Å²) in [6, 6.07) is 4.29. The Balaban J connectivity index is 2.02. The van der Waals surface area contributed by atoms with Crippen LogP contribution in [0.25, 0.3) is 21.7 Å². The molecule has 0 bridgehead atoms. The molecule has 3 aromatic rings. The molecule has 0 aliphatic heterocycles. The maximum Gasteiger partial charge on any atom is 0.261 e. The lowest BCUT2D eigenvalue weighted by Gasteiger charge is -2.15. The predicted octanol–water partition coefficient (Wildman–Crippen LogP) is 5.28. The van der Waals surface area contributed by atoms with Gasteiger partial charge in [-0.2, -0.15) is 0 Å². The van der Waals surface area contributed by atoms with Gasteiger partial charge in [0.2, 0.25) is 0 Å². The van der Waals surface area contributed by atoms with Crippen molar-refractivity contribution in [3.8, 4) is 10.6 Å². The molecular formula is C21H28N4OS. The Kier molecular flexibility index (Phi) is 5.95. The van der Waals surface area contributed by atoms with Crippen molar-refractivity contribution in [1.29, 1.82) is 0 Å². The van der Waals surface area contributed by atoms with E-state index in [0.717, 1.165) is 52.3 Å². The van der Waals surface area contributed by atoms with Crippen molar-refractivity contribution in [1.82, 2.24) is 19.9 Å². The minimum absolute atomic E-state index is 0.0177. The lowest BCUT2D eigenvalue weighted by Crippen LogP contribution is -2.22. The number of fused-ring (bicyclic) bond motifs is 1. The van der Waals surface area contributed by atoms with Crippen LogP contribution in [0.2, 0.25) is 0 Å². The molecular weight excluding hydrogens is 356 g/mol. The molecule has 3 rings (SSSR count). The number of aryl methyl sites for hydroxylation is 2. The van der Waals surface area contributed by atoms with Crippen LogP contribution in [0.4, 0.5) is 0 Å². The number of hydrogen-bond acceptors (Lipinski definition) is 4. The zero-order chi connectivity index (χ0) is 19.6. The lowest BCUT2D eigenvalue weighted by atomic mass is 10.2. The zero-order valence-electron chi connectivity index (χ0n) is 16.8. The molecule has 3 aromatic heterocycles.